The summed E-state index contributed by atoms with van der Waals surface area (Å²) in [6, 6.07) is 9.50. The highest BCUT2D eigenvalue weighted by molar-refractivity contribution is 7.99. The highest BCUT2D eigenvalue weighted by Crippen LogP contribution is 2.37. The van der Waals surface area contributed by atoms with E-state index in [1.807, 2.05) is 41.9 Å². The molecule has 10 heteroatoms. The third-order valence-electron chi connectivity index (χ3n) is 5.68. The molecule has 4 rings (SSSR count). The maximum Gasteiger partial charge on any atom is 0.341 e. The Labute approximate surface area is 207 Å². The minimum Gasteiger partial charge on any atom is -0.486 e. The average molecular weight is 501 g/mol. The van der Waals surface area contributed by atoms with Gasteiger partial charge in [-0.05, 0) is 43.4 Å². The zero-order chi connectivity index (χ0) is 23.9. The SMILES string of the molecule is COC(=O)c1c(NC(=O)CSc2nnc(COc3ccccc3)n2C)sc2c1CCCCCC2. The van der Waals surface area contributed by atoms with Crippen LogP contribution in [0.3, 0.4) is 0 Å². The topological polar surface area (TPSA) is 95.3 Å². The minimum atomic E-state index is -0.391. The van der Waals surface area contributed by atoms with Gasteiger partial charge in [-0.2, -0.15) is 0 Å². The number of rotatable bonds is 8. The molecule has 34 heavy (non-hydrogen) atoms. The number of benzene rings is 1. The number of amides is 1. The van der Waals surface area contributed by atoms with Crippen LogP contribution in [0.2, 0.25) is 0 Å². The van der Waals surface area contributed by atoms with E-state index in [9.17, 15) is 9.59 Å². The molecule has 0 saturated heterocycles. The second-order valence-corrected chi connectivity index (χ2v) is 10.1. The fourth-order valence-electron chi connectivity index (χ4n) is 3.88. The second-order valence-electron chi connectivity index (χ2n) is 8.01. The number of hydrogen-bond acceptors (Lipinski definition) is 8. The summed E-state index contributed by atoms with van der Waals surface area (Å²) in [7, 11) is 3.22. The van der Waals surface area contributed by atoms with Crippen molar-refractivity contribution in [3.8, 4) is 5.75 Å². The number of esters is 1. The molecular formula is C24H28N4O4S2. The molecule has 1 amide bonds. The molecular weight excluding hydrogens is 472 g/mol. The molecule has 2 heterocycles. The van der Waals surface area contributed by atoms with E-state index in [0.29, 0.717) is 21.5 Å². The van der Waals surface area contributed by atoms with Crippen LogP contribution in [-0.2, 0) is 36.0 Å². The quantitative estimate of drug-likeness (QED) is 0.356. The lowest BCUT2D eigenvalue weighted by atomic mass is 9.96. The van der Waals surface area contributed by atoms with Crippen LogP contribution in [0, 0.1) is 0 Å². The van der Waals surface area contributed by atoms with Gasteiger partial charge in [0.15, 0.2) is 11.0 Å². The first kappa shape index (κ1) is 24.3. The number of thioether (sulfide) groups is 1. The summed E-state index contributed by atoms with van der Waals surface area (Å²) in [6.45, 7) is 0.281. The lowest BCUT2D eigenvalue weighted by Crippen LogP contribution is -2.16. The molecule has 0 fully saturated rings. The number of ether oxygens (including phenoxy) is 2. The van der Waals surface area contributed by atoms with Crippen LogP contribution in [0.25, 0.3) is 0 Å². The number of aromatic nitrogens is 3. The number of carbonyl (C=O) groups excluding carboxylic acids is 2. The molecule has 3 aromatic rings. The van der Waals surface area contributed by atoms with E-state index in [2.05, 4.69) is 15.5 Å². The Kier molecular flexibility index (Phi) is 8.23. The summed E-state index contributed by atoms with van der Waals surface area (Å²) in [6.07, 6.45) is 6.26. The maximum atomic E-state index is 12.8. The Hall–Kier alpha value is -2.85. The normalized spacial score (nSPS) is 13.5. The molecule has 1 aromatic carbocycles. The van der Waals surface area contributed by atoms with Crippen LogP contribution >= 0.6 is 23.1 Å². The third kappa shape index (κ3) is 5.79. The molecule has 0 spiro atoms. The van der Waals surface area contributed by atoms with Crippen LogP contribution in [-0.4, -0.2) is 39.5 Å². The van der Waals surface area contributed by atoms with Crippen molar-refractivity contribution in [1.29, 1.82) is 0 Å². The summed E-state index contributed by atoms with van der Waals surface area (Å²) >= 11 is 2.79. The summed E-state index contributed by atoms with van der Waals surface area (Å²) < 4.78 is 12.6. The van der Waals surface area contributed by atoms with Crippen LogP contribution < -0.4 is 10.1 Å². The van der Waals surface area contributed by atoms with Crippen molar-refractivity contribution in [1.82, 2.24) is 14.8 Å². The van der Waals surface area contributed by atoms with Crippen LogP contribution in [0.4, 0.5) is 5.00 Å². The Morgan fingerprint density at radius 3 is 2.65 bits per heavy atom. The van der Waals surface area contributed by atoms with E-state index in [1.54, 1.807) is 0 Å². The lowest BCUT2D eigenvalue weighted by Gasteiger charge is -2.11. The lowest BCUT2D eigenvalue weighted by molar-refractivity contribution is -0.113. The van der Waals surface area contributed by atoms with Gasteiger partial charge in [0.05, 0.1) is 18.4 Å². The van der Waals surface area contributed by atoms with Gasteiger partial charge in [0.2, 0.25) is 5.91 Å². The number of carbonyl (C=O) groups is 2. The third-order valence-corrected chi connectivity index (χ3v) is 7.91. The van der Waals surface area contributed by atoms with Gasteiger partial charge in [0.1, 0.15) is 17.4 Å². The van der Waals surface area contributed by atoms with Gasteiger partial charge in [-0.1, -0.05) is 42.8 Å². The number of thiophene rings is 1. The zero-order valence-electron chi connectivity index (χ0n) is 19.3. The summed E-state index contributed by atoms with van der Waals surface area (Å²) in [5.74, 6) is 0.976. The molecule has 1 aliphatic carbocycles. The molecule has 0 bridgehead atoms. The van der Waals surface area contributed by atoms with Gasteiger partial charge in [0, 0.05) is 11.9 Å². The molecule has 8 nitrogen and oxygen atoms in total. The first-order valence-electron chi connectivity index (χ1n) is 11.3. The van der Waals surface area contributed by atoms with Gasteiger partial charge in [-0.3, -0.25) is 4.79 Å². The fourth-order valence-corrected chi connectivity index (χ4v) is 5.90. The Bertz CT molecular complexity index is 1140. The molecule has 2 aromatic heterocycles. The number of anilines is 1. The molecule has 1 aliphatic rings. The number of nitrogens with zero attached hydrogens (tertiary/aromatic N) is 3. The number of hydrogen-bond donors (Lipinski definition) is 1. The summed E-state index contributed by atoms with van der Waals surface area (Å²) in [4.78, 5) is 26.5. The number of methoxy groups -OCH3 is 1. The highest BCUT2D eigenvalue weighted by Gasteiger charge is 2.26. The van der Waals surface area contributed by atoms with Crippen LogP contribution in [0.15, 0.2) is 35.5 Å². The van der Waals surface area contributed by atoms with Gasteiger partial charge < -0.3 is 19.4 Å². The summed E-state index contributed by atoms with van der Waals surface area (Å²) in [5.41, 5.74) is 1.55. The first-order valence-corrected chi connectivity index (χ1v) is 13.1. The summed E-state index contributed by atoms with van der Waals surface area (Å²) in [5, 5.41) is 12.5. The van der Waals surface area contributed by atoms with Crippen molar-refractivity contribution in [2.45, 2.75) is 50.3 Å². The molecule has 0 unspecified atom stereocenters. The van der Waals surface area contributed by atoms with E-state index >= 15 is 0 Å². The first-order chi connectivity index (χ1) is 16.6. The van der Waals surface area contributed by atoms with Crippen molar-refractivity contribution >= 4 is 40.0 Å². The highest BCUT2D eigenvalue weighted by atomic mass is 32.2. The average Bonchev–Trinajstić information content (AvgIpc) is 3.35. The van der Waals surface area contributed by atoms with E-state index in [0.717, 1.165) is 43.4 Å². The van der Waals surface area contributed by atoms with Gasteiger partial charge >= 0.3 is 5.97 Å². The predicted octanol–water partition coefficient (Wildman–Crippen LogP) is 4.63. The van der Waals surface area contributed by atoms with Crippen molar-refractivity contribution in [3.63, 3.8) is 0 Å². The van der Waals surface area contributed by atoms with Crippen LogP contribution in [0.5, 0.6) is 5.75 Å². The van der Waals surface area contributed by atoms with Crippen molar-refractivity contribution in [2.75, 3.05) is 18.2 Å². The number of para-hydroxylation sites is 1. The van der Waals surface area contributed by atoms with Gasteiger partial charge in [0.25, 0.3) is 0 Å². The predicted molar refractivity (Wildman–Crippen MR) is 133 cm³/mol. The van der Waals surface area contributed by atoms with E-state index in [1.165, 1.54) is 41.5 Å². The Balaban J connectivity index is 1.39. The Morgan fingerprint density at radius 1 is 1.12 bits per heavy atom. The molecule has 0 aliphatic heterocycles. The number of aryl methyl sites for hydroxylation is 1. The second kappa shape index (κ2) is 11.5. The monoisotopic (exact) mass is 500 g/mol. The molecule has 1 N–H and O–H groups in total. The van der Waals surface area contributed by atoms with Crippen LogP contribution in [0.1, 0.15) is 52.3 Å². The van der Waals surface area contributed by atoms with Gasteiger partial charge in [-0.15, -0.1) is 21.5 Å². The van der Waals surface area contributed by atoms with E-state index in [4.69, 9.17) is 9.47 Å². The van der Waals surface area contributed by atoms with Crippen molar-refractivity contribution in [3.05, 3.63) is 52.2 Å². The zero-order valence-corrected chi connectivity index (χ0v) is 21.0. The Morgan fingerprint density at radius 2 is 1.88 bits per heavy atom. The molecule has 0 saturated carbocycles. The fraction of sp³-hybridized carbons (Fsp3) is 0.417. The smallest absolute Gasteiger partial charge is 0.341 e. The molecule has 0 radical (unpaired) electrons. The van der Waals surface area contributed by atoms with E-state index in [-0.39, 0.29) is 18.3 Å². The maximum absolute atomic E-state index is 12.8. The van der Waals surface area contributed by atoms with Crippen molar-refractivity contribution < 1.29 is 19.1 Å². The van der Waals surface area contributed by atoms with E-state index < -0.39 is 5.97 Å². The van der Waals surface area contributed by atoms with Crippen molar-refractivity contribution in [2.24, 2.45) is 7.05 Å². The molecule has 180 valence electrons. The van der Waals surface area contributed by atoms with Gasteiger partial charge in [-0.25, -0.2) is 4.79 Å². The number of nitrogens with one attached hydrogen (secondary N) is 1. The minimum absolute atomic E-state index is 0.148. The largest absolute Gasteiger partial charge is 0.486 e. The number of fused-ring (bicyclic) bond motifs is 1. The molecule has 0 atom stereocenters. The standard InChI is InChI=1S/C24H28N4O4S2/c1-28-19(14-32-16-10-6-5-7-11-16)26-27-24(28)33-15-20(29)25-22-21(23(30)31-2)17-12-8-3-4-9-13-18(17)34-22/h5-7,10-11H,3-4,8-9,12-15H2,1-2H3,(H,25,29).